The highest BCUT2D eigenvalue weighted by atomic mass is 16.2. The van der Waals surface area contributed by atoms with Crippen LogP contribution in [-0.2, 0) is 24.3 Å². The van der Waals surface area contributed by atoms with Crippen molar-refractivity contribution in [3.8, 4) is 0 Å². The average Bonchev–Trinajstić information content (AvgIpc) is 3.37. The van der Waals surface area contributed by atoms with E-state index in [0.29, 0.717) is 19.6 Å². The zero-order valence-corrected chi connectivity index (χ0v) is 20.9. The number of aromatic nitrogens is 3. The maximum Gasteiger partial charge on any atom is 0.257 e. The van der Waals surface area contributed by atoms with E-state index in [2.05, 4.69) is 32.0 Å². The van der Waals surface area contributed by atoms with Gasteiger partial charge in [-0.25, -0.2) is 0 Å². The van der Waals surface area contributed by atoms with E-state index < -0.39 is 0 Å². The van der Waals surface area contributed by atoms with Gasteiger partial charge in [-0.3, -0.25) is 14.3 Å². The maximum absolute atomic E-state index is 13.5. The molecular weight excluding hydrogens is 452 g/mol. The Kier molecular flexibility index (Phi) is 5.32. The van der Waals surface area contributed by atoms with Gasteiger partial charge in [0.1, 0.15) is 12.7 Å². The Morgan fingerprint density at radius 1 is 1.11 bits per heavy atom. The normalized spacial score (nSPS) is 16.6. The van der Waals surface area contributed by atoms with Crippen LogP contribution in [0, 0.1) is 13.8 Å². The van der Waals surface area contributed by atoms with Gasteiger partial charge >= 0.3 is 0 Å². The number of para-hydroxylation sites is 2. The van der Waals surface area contributed by atoms with Gasteiger partial charge in [0.15, 0.2) is 0 Å². The van der Waals surface area contributed by atoms with Crippen molar-refractivity contribution >= 4 is 28.4 Å². The van der Waals surface area contributed by atoms with Gasteiger partial charge in [-0.05, 0) is 50.1 Å². The number of aryl methyl sites for hydroxylation is 2. The lowest BCUT2D eigenvalue weighted by atomic mass is 9.96. The van der Waals surface area contributed by atoms with Crippen LogP contribution in [0.15, 0.2) is 54.6 Å². The molecule has 1 unspecified atom stereocenters. The first kappa shape index (κ1) is 22.4. The van der Waals surface area contributed by atoms with Crippen LogP contribution in [0.2, 0.25) is 0 Å². The fourth-order valence-electron chi connectivity index (χ4n) is 5.88. The van der Waals surface area contributed by atoms with E-state index >= 15 is 0 Å². The van der Waals surface area contributed by atoms with Crippen LogP contribution < -0.4 is 10.2 Å². The third kappa shape index (κ3) is 3.47. The smallest absolute Gasteiger partial charge is 0.257 e. The second kappa shape index (κ2) is 8.55. The first-order chi connectivity index (χ1) is 17.4. The van der Waals surface area contributed by atoms with Crippen LogP contribution in [0.5, 0.6) is 0 Å². The van der Waals surface area contributed by atoms with Crippen molar-refractivity contribution in [2.24, 2.45) is 0 Å². The van der Waals surface area contributed by atoms with E-state index in [1.807, 2.05) is 72.9 Å². The SMILES string of the molecule is Cc1cc(C)n(CCNC(=O)Cn2c3c(c4ccccc42)CCN2C(=O)c4ccccc4N(C)C32)n1. The van der Waals surface area contributed by atoms with E-state index in [-0.39, 0.29) is 24.5 Å². The average molecular weight is 483 g/mol. The second-order valence-corrected chi connectivity index (χ2v) is 9.72. The summed E-state index contributed by atoms with van der Waals surface area (Å²) in [6, 6.07) is 18.0. The van der Waals surface area contributed by atoms with E-state index in [9.17, 15) is 9.59 Å². The molecule has 0 bridgehead atoms. The highest BCUT2D eigenvalue weighted by Crippen LogP contribution is 2.44. The van der Waals surface area contributed by atoms with Crippen molar-refractivity contribution in [1.29, 1.82) is 0 Å². The Bertz CT molecular complexity index is 1500. The minimum atomic E-state index is -0.258. The molecule has 0 radical (unpaired) electrons. The summed E-state index contributed by atoms with van der Waals surface area (Å²) in [5.74, 6) is -0.00658. The summed E-state index contributed by atoms with van der Waals surface area (Å²) >= 11 is 0. The molecule has 2 aromatic carbocycles. The lowest BCUT2D eigenvalue weighted by Gasteiger charge is -2.46. The van der Waals surface area contributed by atoms with Gasteiger partial charge in [0, 0.05) is 36.7 Å². The summed E-state index contributed by atoms with van der Waals surface area (Å²) in [6.45, 7) is 5.96. The summed E-state index contributed by atoms with van der Waals surface area (Å²) in [5.41, 5.74) is 6.98. The number of rotatable bonds is 5. The van der Waals surface area contributed by atoms with Crippen molar-refractivity contribution in [1.82, 2.24) is 24.6 Å². The molecule has 2 aliphatic heterocycles. The summed E-state index contributed by atoms with van der Waals surface area (Å²) in [5, 5.41) is 8.70. The number of carbonyl (C=O) groups is 2. The Balaban J connectivity index is 1.34. The zero-order valence-electron chi connectivity index (χ0n) is 20.9. The molecule has 6 rings (SSSR count). The number of benzene rings is 2. The van der Waals surface area contributed by atoms with E-state index in [4.69, 9.17) is 0 Å². The highest BCUT2D eigenvalue weighted by Gasteiger charge is 2.42. The first-order valence-corrected chi connectivity index (χ1v) is 12.4. The minimum absolute atomic E-state index is 0.0468. The van der Waals surface area contributed by atoms with Gasteiger partial charge in [-0.2, -0.15) is 5.10 Å². The van der Waals surface area contributed by atoms with Crippen molar-refractivity contribution in [2.75, 3.05) is 25.0 Å². The van der Waals surface area contributed by atoms with E-state index in [1.165, 1.54) is 5.56 Å². The lowest BCUT2D eigenvalue weighted by molar-refractivity contribution is -0.121. The second-order valence-electron chi connectivity index (χ2n) is 9.72. The lowest BCUT2D eigenvalue weighted by Crippen LogP contribution is -2.51. The molecule has 36 heavy (non-hydrogen) atoms. The summed E-state index contributed by atoms with van der Waals surface area (Å²) < 4.78 is 4.03. The number of nitrogens with zero attached hydrogens (tertiary/aromatic N) is 5. The number of anilines is 1. The highest BCUT2D eigenvalue weighted by molar-refractivity contribution is 6.02. The Labute approximate surface area is 210 Å². The van der Waals surface area contributed by atoms with Gasteiger partial charge in [0.2, 0.25) is 5.91 Å². The van der Waals surface area contributed by atoms with Gasteiger partial charge in [-0.15, -0.1) is 0 Å². The third-order valence-electron chi connectivity index (χ3n) is 7.46. The molecule has 0 saturated heterocycles. The molecule has 2 aromatic heterocycles. The molecule has 4 heterocycles. The topological polar surface area (TPSA) is 75.4 Å². The van der Waals surface area contributed by atoms with Gasteiger partial charge < -0.3 is 19.7 Å². The third-order valence-corrected chi connectivity index (χ3v) is 7.46. The van der Waals surface area contributed by atoms with Crippen LogP contribution in [0.4, 0.5) is 5.69 Å². The molecule has 1 N–H and O–H groups in total. The number of amides is 2. The number of carbonyl (C=O) groups excluding carboxylic acids is 2. The molecule has 1 atom stereocenters. The Morgan fingerprint density at radius 2 is 1.89 bits per heavy atom. The molecule has 0 fully saturated rings. The summed E-state index contributed by atoms with van der Waals surface area (Å²) in [4.78, 5) is 30.7. The molecule has 2 aliphatic rings. The van der Waals surface area contributed by atoms with Crippen molar-refractivity contribution in [2.45, 2.75) is 39.5 Å². The number of fused-ring (bicyclic) bond motifs is 6. The maximum atomic E-state index is 13.5. The Morgan fingerprint density at radius 3 is 2.69 bits per heavy atom. The fraction of sp³-hybridized carbons (Fsp3) is 0.321. The molecule has 4 aromatic rings. The monoisotopic (exact) mass is 482 g/mol. The number of hydrogen-bond acceptors (Lipinski definition) is 4. The van der Waals surface area contributed by atoms with E-state index in [0.717, 1.165) is 45.7 Å². The van der Waals surface area contributed by atoms with Crippen molar-refractivity contribution in [3.05, 3.63) is 82.8 Å². The molecular formula is C28H30N6O2. The summed E-state index contributed by atoms with van der Waals surface area (Å²) in [6.07, 6.45) is 0.506. The summed E-state index contributed by atoms with van der Waals surface area (Å²) in [7, 11) is 2.04. The standard InChI is InChI=1S/C28H30N6O2/c1-18-16-19(2)34(30-18)15-13-29-25(35)17-33-24-11-7-4-8-20(24)21-12-14-32-27(26(21)33)31(3)23-10-6-5-9-22(23)28(32)36/h4-11,16,27H,12-15,17H2,1-3H3,(H,29,35). The predicted molar refractivity (Wildman–Crippen MR) is 139 cm³/mol. The van der Waals surface area contributed by atoms with Crippen molar-refractivity contribution < 1.29 is 9.59 Å². The van der Waals surface area contributed by atoms with Crippen LogP contribution in [0.3, 0.4) is 0 Å². The van der Waals surface area contributed by atoms with Gasteiger partial charge in [0.05, 0.1) is 29.2 Å². The quantitative estimate of drug-likeness (QED) is 0.473. The fourth-order valence-corrected chi connectivity index (χ4v) is 5.88. The van der Waals surface area contributed by atoms with Crippen molar-refractivity contribution in [3.63, 3.8) is 0 Å². The van der Waals surface area contributed by atoms with Crippen LogP contribution >= 0.6 is 0 Å². The molecule has 0 spiro atoms. The predicted octanol–water partition coefficient (Wildman–Crippen LogP) is 3.42. The number of hydrogen-bond donors (Lipinski definition) is 1. The zero-order chi connectivity index (χ0) is 25.0. The molecule has 0 aliphatic carbocycles. The van der Waals surface area contributed by atoms with Crippen LogP contribution in [-0.4, -0.2) is 51.2 Å². The van der Waals surface area contributed by atoms with Crippen LogP contribution in [0.1, 0.15) is 39.2 Å². The molecule has 184 valence electrons. The largest absolute Gasteiger partial charge is 0.353 e. The number of nitrogens with one attached hydrogen (secondary N) is 1. The molecule has 8 nitrogen and oxygen atoms in total. The molecule has 2 amide bonds. The van der Waals surface area contributed by atoms with E-state index in [1.54, 1.807) is 0 Å². The molecule has 0 saturated carbocycles. The Hall–Kier alpha value is -4.07. The van der Waals surface area contributed by atoms with Gasteiger partial charge in [0.25, 0.3) is 5.91 Å². The molecule has 8 heteroatoms. The first-order valence-electron chi connectivity index (χ1n) is 12.4. The van der Waals surface area contributed by atoms with Crippen LogP contribution in [0.25, 0.3) is 10.9 Å². The minimum Gasteiger partial charge on any atom is -0.353 e. The van der Waals surface area contributed by atoms with Gasteiger partial charge in [-0.1, -0.05) is 30.3 Å².